The maximum Gasteiger partial charge on any atom is 0.247 e. The van der Waals surface area contributed by atoms with Crippen LogP contribution in [0.1, 0.15) is 12.3 Å². The lowest BCUT2D eigenvalue weighted by molar-refractivity contribution is -0.116. The van der Waals surface area contributed by atoms with Gasteiger partial charge < -0.3 is 14.5 Å². The van der Waals surface area contributed by atoms with Gasteiger partial charge in [-0.2, -0.15) is 0 Å². The van der Waals surface area contributed by atoms with Gasteiger partial charge in [0.2, 0.25) is 17.7 Å². The molecular weight excluding hydrogens is 306 g/mol. The number of carbonyl (C=O) groups excluding carboxylic acids is 1. The maximum atomic E-state index is 11.9. The predicted octanol–water partition coefficient (Wildman–Crippen LogP) is 3.45. The average molecular weight is 323 g/mol. The number of hydrogen-bond acceptors (Lipinski definition) is 5. The summed E-state index contributed by atoms with van der Waals surface area (Å²) in [6, 6.07) is 16.6. The second-order valence-electron chi connectivity index (χ2n) is 5.16. The highest BCUT2D eigenvalue weighted by Gasteiger charge is 2.07. The summed E-state index contributed by atoms with van der Waals surface area (Å²) in [7, 11) is 0. The Morgan fingerprint density at radius 3 is 2.50 bits per heavy atom. The third kappa shape index (κ3) is 4.19. The molecule has 0 saturated heterocycles. The zero-order valence-corrected chi connectivity index (χ0v) is 13.2. The summed E-state index contributed by atoms with van der Waals surface area (Å²) < 4.78 is 10.9. The Kier molecular flexibility index (Phi) is 4.86. The normalized spacial score (nSPS) is 10.4. The van der Waals surface area contributed by atoms with E-state index in [0.717, 1.165) is 11.3 Å². The molecule has 1 N–H and O–H groups in total. The van der Waals surface area contributed by atoms with Crippen LogP contribution in [0, 0.1) is 6.92 Å². The van der Waals surface area contributed by atoms with E-state index in [0.29, 0.717) is 24.1 Å². The van der Waals surface area contributed by atoms with E-state index in [9.17, 15) is 4.79 Å². The van der Waals surface area contributed by atoms with E-state index in [2.05, 4.69) is 15.5 Å². The van der Waals surface area contributed by atoms with Crippen LogP contribution >= 0.6 is 0 Å². The van der Waals surface area contributed by atoms with Crippen molar-refractivity contribution in [2.45, 2.75) is 13.3 Å². The van der Waals surface area contributed by atoms with E-state index >= 15 is 0 Å². The summed E-state index contributed by atoms with van der Waals surface area (Å²) in [5, 5.41) is 10.6. The molecule has 6 heteroatoms. The van der Waals surface area contributed by atoms with Crippen molar-refractivity contribution in [1.82, 2.24) is 10.2 Å². The standard InChI is InChI=1S/C18H17N3O3/c1-13-20-21-18(24-13)14-7-9-15(10-8-14)19-17(22)11-12-23-16-5-3-2-4-6-16/h2-10H,11-12H2,1H3,(H,19,22). The van der Waals surface area contributed by atoms with Gasteiger partial charge in [-0.1, -0.05) is 18.2 Å². The first kappa shape index (κ1) is 15.7. The number of para-hydroxylation sites is 1. The van der Waals surface area contributed by atoms with E-state index < -0.39 is 0 Å². The number of benzene rings is 2. The van der Waals surface area contributed by atoms with E-state index in [1.807, 2.05) is 42.5 Å². The molecule has 2 aromatic carbocycles. The molecule has 6 nitrogen and oxygen atoms in total. The van der Waals surface area contributed by atoms with Gasteiger partial charge >= 0.3 is 0 Å². The van der Waals surface area contributed by atoms with Gasteiger partial charge in [-0.15, -0.1) is 10.2 Å². The lowest BCUT2D eigenvalue weighted by atomic mass is 10.2. The Morgan fingerprint density at radius 2 is 1.83 bits per heavy atom. The average Bonchev–Trinajstić information content (AvgIpc) is 3.03. The van der Waals surface area contributed by atoms with Crippen molar-refractivity contribution >= 4 is 11.6 Å². The van der Waals surface area contributed by atoms with Crippen LogP contribution in [0.2, 0.25) is 0 Å². The molecule has 0 bridgehead atoms. The number of rotatable bonds is 6. The molecule has 0 aliphatic heterocycles. The number of carbonyl (C=O) groups is 1. The van der Waals surface area contributed by atoms with Gasteiger partial charge in [0, 0.05) is 18.2 Å². The Morgan fingerprint density at radius 1 is 1.08 bits per heavy atom. The van der Waals surface area contributed by atoms with Gasteiger partial charge in [0.25, 0.3) is 0 Å². The van der Waals surface area contributed by atoms with Gasteiger partial charge in [-0.05, 0) is 36.4 Å². The molecule has 122 valence electrons. The van der Waals surface area contributed by atoms with Gasteiger partial charge in [-0.25, -0.2) is 0 Å². The van der Waals surface area contributed by atoms with Crippen molar-refractivity contribution < 1.29 is 13.9 Å². The number of anilines is 1. The lowest BCUT2D eigenvalue weighted by Gasteiger charge is -2.07. The first-order valence-electron chi connectivity index (χ1n) is 7.59. The summed E-state index contributed by atoms with van der Waals surface area (Å²) in [6.07, 6.45) is 0.277. The molecule has 0 aliphatic carbocycles. The summed E-state index contributed by atoms with van der Waals surface area (Å²) in [5.74, 6) is 1.62. The summed E-state index contributed by atoms with van der Waals surface area (Å²) in [6.45, 7) is 2.07. The number of hydrogen-bond donors (Lipinski definition) is 1. The van der Waals surface area contributed by atoms with Gasteiger partial charge in [0.15, 0.2) is 0 Å². The Hall–Kier alpha value is -3.15. The fourth-order valence-electron chi connectivity index (χ4n) is 2.11. The highest BCUT2D eigenvalue weighted by atomic mass is 16.5. The van der Waals surface area contributed by atoms with Crippen LogP contribution in [0.3, 0.4) is 0 Å². The third-order valence-electron chi connectivity index (χ3n) is 3.28. The largest absolute Gasteiger partial charge is 0.493 e. The smallest absolute Gasteiger partial charge is 0.247 e. The predicted molar refractivity (Wildman–Crippen MR) is 89.7 cm³/mol. The zero-order chi connectivity index (χ0) is 16.8. The van der Waals surface area contributed by atoms with Gasteiger partial charge in [-0.3, -0.25) is 4.79 Å². The highest BCUT2D eigenvalue weighted by molar-refractivity contribution is 5.91. The molecular formula is C18H17N3O3. The molecule has 3 aromatic rings. The molecule has 1 amide bonds. The number of ether oxygens (including phenoxy) is 1. The number of nitrogens with one attached hydrogen (secondary N) is 1. The minimum Gasteiger partial charge on any atom is -0.493 e. The van der Waals surface area contributed by atoms with E-state index in [-0.39, 0.29) is 12.3 Å². The first-order chi connectivity index (χ1) is 11.7. The fourth-order valence-corrected chi connectivity index (χ4v) is 2.11. The van der Waals surface area contributed by atoms with E-state index in [4.69, 9.17) is 9.15 Å². The number of nitrogens with zero attached hydrogens (tertiary/aromatic N) is 2. The second-order valence-corrected chi connectivity index (χ2v) is 5.16. The van der Waals surface area contributed by atoms with Gasteiger partial charge in [0.05, 0.1) is 13.0 Å². The first-order valence-corrected chi connectivity index (χ1v) is 7.59. The molecule has 0 radical (unpaired) electrons. The molecule has 1 heterocycles. The molecule has 1 aromatic heterocycles. The van der Waals surface area contributed by atoms with Crippen LogP contribution in [0.4, 0.5) is 5.69 Å². The Balaban J connectivity index is 1.49. The Bertz CT molecular complexity index is 798. The molecule has 0 aliphatic rings. The summed E-state index contributed by atoms with van der Waals surface area (Å²) in [4.78, 5) is 11.9. The summed E-state index contributed by atoms with van der Waals surface area (Å²) >= 11 is 0. The molecule has 0 fully saturated rings. The fraction of sp³-hybridized carbons (Fsp3) is 0.167. The summed E-state index contributed by atoms with van der Waals surface area (Å²) in [5.41, 5.74) is 1.51. The maximum absolute atomic E-state index is 11.9. The highest BCUT2D eigenvalue weighted by Crippen LogP contribution is 2.20. The van der Waals surface area contributed by atoms with E-state index in [1.54, 1.807) is 19.1 Å². The molecule has 0 saturated carbocycles. The van der Waals surface area contributed by atoms with Crippen molar-refractivity contribution in [2.24, 2.45) is 0 Å². The molecule has 0 spiro atoms. The lowest BCUT2D eigenvalue weighted by Crippen LogP contribution is -2.15. The van der Waals surface area contributed by atoms with Crippen molar-refractivity contribution in [3.63, 3.8) is 0 Å². The van der Waals surface area contributed by atoms with Crippen LogP contribution in [-0.2, 0) is 4.79 Å². The van der Waals surface area contributed by atoms with Crippen LogP contribution in [0.25, 0.3) is 11.5 Å². The SMILES string of the molecule is Cc1nnc(-c2ccc(NC(=O)CCOc3ccccc3)cc2)o1. The Labute approximate surface area is 139 Å². The van der Waals surface area contributed by atoms with Crippen molar-refractivity contribution in [3.8, 4) is 17.2 Å². The number of aromatic nitrogens is 2. The topological polar surface area (TPSA) is 77.2 Å². The van der Waals surface area contributed by atoms with Crippen LogP contribution in [-0.4, -0.2) is 22.7 Å². The minimum atomic E-state index is -0.104. The van der Waals surface area contributed by atoms with Crippen LogP contribution < -0.4 is 10.1 Å². The van der Waals surface area contributed by atoms with Crippen molar-refractivity contribution in [1.29, 1.82) is 0 Å². The minimum absolute atomic E-state index is 0.104. The molecule has 0 atom stereocenters. The van der Waals surface area contributed by atoms with Crippen LogP contribution in [0.5, 0.6) is 5.75 Å². The zero-order valence-electron chi connectivity index (χ0n) is 13.2. The molecule has 24 heavy (non-hydrogen) atoms. The molecule has 3 rings (SSSR count). The quantitative estimate of drug-likeness (QED) is 0.752. The molecule has 0 unspecified atom stereocenters. The van der Waals surface area contributed by atoms with Crippen molar-refractivity contribution in [2.75, 3.05) is 11.9 Å². The monoisotopic (exact) mass is 323 g/mol. The van der Waals surface area contributed by atoms with Gasteiger partial charge in [0.1, 0.15) is 5.75 Å². The second kappa shape index (κ2) is 7.41. The number of amides is 1. The third-order valence-corrected chi connectivity index (χ3v) is 3.28. The van der Waals surface area contributed by atoms with Crippen molar-refractivity contribution in [3.05, 3.63) is 60.5 Å². The van der Waals surface area contributed by atoms with Crippen LogP contribution in [0.15, 0.2) is 59.0 Å². The number of aryl methyl sites for hydroxylation is 1. The van der Waals surface area contributed by atoms with E-state index in [1.165, 1.54) is 0 Å².